The molecule has 0 bridgehead atoms. The first-order valence-corrected chi connectivity index (χ1v) is 7.95. The summed E-state index contributed by atoms with van der Waals surface area (Å²) in [5, 5.41) is 6.26. The van der Waals surface area contributed by atoms with Crippen molar-refractivity contribution in [3.63, 3.8) is 0 Å². The number of nitrogens with zero attached hydrogens (tertiary/aromatic N) is 1. The van der Waals surface area contributed by atoms with Gasteiger partial charge in [0.2, 0.25) is 5.91 Å². The number of carbonyl (C=O) groups excluding carboxylic acids is 1. The lowest BCUT2D eigenvalue weighted by Gasteiger charge is -2.31. The number of rotatable bonds is 7. The van der Waals surface area contributed by atoms with E-state index in [2.05, 4.69) is 27.7 Å². The zero-order chi connectivity index (χ0) is 14.9. The first-order chi connectivity index (χ1) is 10.3. The molecule has 0 aromatic heterocycles. The van der Waals surface area contributed by atoms with Gasteiger partial charge < -0.3 is 10.6 Å². The van der Waals surface area contributed by atoms with Gasteiger partial charge in [0.15, 0.2) is 0 Å². The fraction of sp³-hybridized carbons (Fsp3) is 0.588. The molecule has 0 aliphatic carbocycles. The normalized spacial score (nSPS) is 16.8. The molecule has 116 valence electrons. The SMILES string of the molecule is CNCC1CCN(CC(=O)NCCc2ccccc2)CC1. The first-order valence-electron chi connectivity index (χ1n) is 7.95. The maximum Gasteiger partial charge on any atom is 0.234 e. The van der Waals surface area contributed by atoms with Crippen molar-refractivity contribution < 1.29 is 4.79 Å². The second-order valence-corrected chi connectivity index (χ2v) is 5.86. The molecule has 4 heteroatoms. The predicted molar refractivity (Wildman–Crippen MR) is 86.2 cm³/mol. The van der Waals surface area contributed by atoms with Crippen LogP contribution in [0, 0.1) is 5.92 Å². The molecule has 0 saturated carbocycles. The Morgan fingerprint density at radius 3 is 2.62 bits per heavy atom. The summed E-state index contributed by atoms with van der Waals surface area (Å²) >= 11 is 0. The molecule has 1 heterocycles. The molecule has 1 aromatic rings. The van der Waals surface area contributed by atoms with Crippen LogP contribution in [0.2, 0.25) is 0 Å². The van der Waals surface area contributed by atoms with Crippen LogP contribution in [0.15, 0.2) is 30.3 Å². The lowest BCUT2D eigenvalue weighted by molar-refractivity contribution is -0.122. The molecule has 4 nitrogen and oxygen atoms in total. The van der Waals surface area contributed by atoms with Gasteiger partial charge >= 0.3 is 0 Å². The standard InChI is InChI=1S/C17H27N3O/c1-18-13-16-8-11-20(12-9-16)14-17(21)19-10-7-15-5-3-2-4-6-15/h2-6,16,18H,7-14H2,1H3,(H,19,21). The van der Waals surface area contributed by atoms with E-state index in [0.29, 0.717) is 6.54 Å². The van der Waals surface area contributed by atoms with Crippen LogP contribution in [-0.2, 0) is 11.2 Å². The number of hydrogen-bond donors (Lipinski definition) is 2. The molecule has 1 aliphatic rings. The van der Waals surface area contributed by atoms with Crippen LogP contribution >= 0.6 is 0 Å². The maximum atomic E-state index is 11.9. The van der Waals surface area contributed by atoms with Crippen molar-refractivity contribution in [2.24, 2.45) is 5.92 Å². The van der Waals surface area contributed by atoms with Gasteiger partial charge in [-0.1, -0.05) is 30.3 Å². The molecule has 1 saturated heterocycles. The van der Waals surface area contributed by atoms with Crippen molar-refractivity contribution in [3.8, 4) is 0 Å². The summed E-state index contributed by atoms with van der Waals surface area (Å²) in [6.45, 7) is 4.44. The van der Waals surface area contributed by atoms with E-state index in [1.165, 1.54) is 18.4 Å². The highest BCUT2D eigenvalue weighted by atomic mass is 16.2. The molecule has 0 spiro atoms. The molecule has 0 unspecified atom stereocenters. The van der Waals surface area contributed by atoms with Gasteiger partial charge in [-0.25, -0.2) is 0 Å². The Bertz CT molecular complexity index is 413. The zero-order valence-electron chi connectivity index (χ0n) is 13.0. The van der Waals surface area contributed by atoms with E-state index in [4.69, 9.17) is 0 Å². The van der Waals surface area contributed by atoms with Gasteiger partial charge in [-0.3, -0.25) is 9.69 Å². The number of nitrogens with one attached hydrogen (secondary N) is 2. The van der Waals surface area contributed by atoms with Gasteiger partial charge in [-0.05, 0) is 57.4 Å². The summed E-state index contributed by atoms with van der Waals surface area (Å²) < 4.78 is 0. The maximum absolute atomic E-state index is 11.9. The monoisotopic (exact) mass is 289 g/mol. The fourth-order valence-corrected chi connectivity index (χ4v) is 2.89. The molecule has 21 heavy (non-hydrogen) atoms. The summed E-state index contributed by atoms with van der Waals surface area (Å²) in [6, 6.07) is 10.3. The number of benzene rings is 1. The predicted octanol–water partition coefficient (Wildman–Crippen LogP) is 1.28. The van der Waals surface area contributed by atoms with Gasteiger partial charge in [0.25, 0.3) is 0 Å². The molecular formula is C17H27N3O. The molecule has 1 aliphatic heterocycles. The summed E-state index contributed by atoms with van der Waals surface area (Å²) in [7, 11) is 2.01. The van der Waals surface area contributed by atoms with Crippen molar-refractivity contribution >= 4 is 5.91 Å². The average Bonchev–Trinajstić information content (AvgIpc) is 2.51. The van der Waals surface area contributed by atoms with Crippen LogP contribution in [0.3, 0.4) is 0 Å². The molecule has 1 aromatic carbocycles. The van der Waals surface area contributed by atoms with E-state index < -0.39 is 0 Å². The van der Waals surface area contributed by atoms with Crippen LogP contribution in [0.25, 0.3) is 0 Å². The minimum atomic E-state index is 0.151. The number of carbonyl (C=O) groups is 1. The van der Waals surface area contributed by atoms with E-state index in [9.17, 15) is 4.79 Å². The van der Waals surface area contributed by atoms with Crippen LogP contribution in [0.4, 0.5) is 0 Å². The third kappa shape index (κ3) is 5.86. The second kappa shape index (κ2) is 8.80. The Kier molecular flexibility index (Phi) is 6.70. The second-order valence-electron chi connectivity index (χ2n) is 5.86. The number of amides is 1. The highest BCUT2D eigenvalue weighted by Crippen LogP contribution is 2.15. The Morgan fingerprint density at radius 1 is 1.24 bits per heavy atom. The highest BCUT2D eigenvalue weighted by Gasteiger charge is 2.19. The van der Waals surface area contributed by atoms with Crippen LogP contribution in [0.1, 0.15) is 18.4 Å². The Labute approximate surface area is 127 Å². The topological polar surface area (TPSA) is 44.4 Å². The van der Waals surface area contributed by atoms with Gasteiger partial charge in [0.1, 0.15) is 0 Å². The largest absolute Gasteiger partial charge is 0.355 e. The molecule has 2 rings (SSSR count). The molecule has 0 radical (unpaired) electrons. The van der Waals surface area contributed by atoms with Crippen LogP contribution in [0.5, 0.6) is 0 Å². The zero-order valence-corrected chi connectivity index (χ0v) is 13.0. The molecule has 0 atom stereocenters. The first kappa shape index (κ1) is 16.0. The van der Waals surface area contributed by atoms with E-state index in [1.54, 1.807) is 0 Å². The Hall–Kier alpha value is -1.39. The summed E-state index contributed by atoms with van der Waals surface area (Å²) in [5.41, 5.74) is 1.27. The van der Waals surface area contributed by atoms with E-state index in [0.717, 1.165) is 38.5 Å². The summed E-state index contributed by atoms with van der Waals surface area (Å²) in [4.78, 5) is 14.2. The smallest absolute Gasteiger partial charge is 0.234 e. The van der Waals surface area contributed by atoms with Crippen molar-refractivity contribution in [2.75, 3.05) is 39.8 Å². The third-order valence-electron chi connectivity index (χ3n) is 4.15. The van der Waals surface area contributed by atoms with Crippen molar-refractivity contribution in [1.29, 1.82) is 0 Å². The number of piperidine rings is 1. The highest BCUT2D eigenvalue weighted by molar-refractivity contribution is 5.78. The van der Waals surface area contributed by atoms with Crippen LogP contribution in [-0.4, -0.2) is 50.6 Å². The van der Waals surface area contributed by atoms with E-state index in [-0.39, 0.29) is 5.91 Å². The van der Waals surface area contributed by atoms with Crippen molar-refractivity contribution in [1.82, 2.24) is 15.5 Å². The lowest BCUT2D eigenvalue weighted by atomic mass is 9.97. The Morgan fingerprint density at radius 2 is 1.95 bits per heavy atom. The van der Waals surface area contributed by atoms with Crippen molar-refractivity contribution in [3.05, 3.63) is 35.9 Å². The van der Waals surface area contributed by atoms with Gasteiger partial charge in [-0.2, -0.15) is 0 Å². The minimum absolute atomic E-state index is 0.151. The van der Waals surface area contributed by atoms with Gasteiger partial charge in [-0.15, -0.1) is 0 Å². The average molecular weight is 289 g/mol. The lowest BCUT2D eigenvalue weighted by Crippen LogP contribution is -2.43. The minimum Gasteiger partial charge on any atom is -0.355 e. The number of likely N-dealkylation sites (tertiary alicyclic amines) is 1. The molecule has 1 fully saturated rings. The van der Waals surface area contributed by atoms with E-state index >= 15 is 0 Å². The quantitative estimate of drug-likeness (QED) is 0.795. The summed E-state index contributed by atoms with van der Waals surface area (Å²) in [6.07, 6.45) is 3.28. The van der Waals surface area contributed by atoms with E-state index in [1.807, 2.05) is 25.2 Å². The van der Waals surface area contributed by atoms with Crippen LogP contribution < -0.4 is 10.6 Å². The molecule has 2 N–H and O–H groups in total. The van der Waals surface area contributed by atoms with Gasteiger partial charge in [0.05, 0.1) is 6.54 Å². The molecule has 1 amide bonds. The van der Waals surface area contributed by atoms with Crippen molar-refractivity contribution in [2.45, 2.75) is 19.3 Å². The molecular weight excluding hydrogens is 262 g/mol. The van der Waals surface area contributed by atoms with Gasteiger partial charge in [0, 0.05) is 6.54 Å². The Balaban J connectivity index is 1.60. The number of hydrogen-bond acceptors (Lipinski definition) is 3. The summed E-state index contributed by atoms with van der Waals surface area (Å²) in [5.74, 6) is 0.922. The fourth-order valence-electron chi connectivity index (χ4n) is 2.89. The third-order valence-corrected chi connectivity index (χ3v) is 4.15.